The Balaban J connectivity index is 1.77. The Bertz CT molecular complexity index is 671. The minimum atomic E-state index is -0.699. The molecule has 1 aliphatic heterocycles. The second kappa shape index (κ2) is 9.31. The zero-order valence-corrected chi connectivity index (χ0v) is 13.9. The Morgan fingerprint density at radius 1 is 1.20 bits per heavy atom. The first-order chi connectivity index (χ1) is 12.1. The van der Waals surface area contributed by atoms with Gasteiger partial charge >= 0.3 is 12.0 Å². The van der Waals surface area contributed by atoms with E-state index in [-0.39, 0.29) is 0 Å². The fourth-order valence-electron chi connectivity index (χ4n) is 1.96. The Kier molecular flexibility index (Phi) is 6.82. The zero-order valence-electron chi connectivity index (χ0n) is 13.9. The summed E-state index contributed by atoms with van der Waals surface area (Å²) in [7, 11) is 0. The molecule has 0 bridgehead atoms. The second-order valence-electron chi connectivity index (χ2n) is 5.15. The number of carbonyl (C=O) groups is 3. The molecule has 0 aliphatic carbocycles. The molecule has 0 saturated heterocycles. The average molecular weight is 348 g/mol. The lowest BCUT2D eigenvalue weighted by molar-refractivity contribution is -0.143. The van der Waals surface area contributed by atoms with Gasteiger partial charge in [-0.25, -0.2) is 9.59 Å². The van der Waals surface area contributed by atoms with Crippen LogP contribution in [0.4, 0.5) is 4.79 Å². The summed E-state index contributed by atoms with van der Waals surface area (Å²) in [6.07, 6.45) is 3.48. The number of imide groups is 1. The van der Waals surface area contributed by atoms with Crippen molar-refractivity contribution in [3.05, 3.63) is 29.8 Å². The molecule has 1 aromatic carbocycles. The molecule has 0 unspecified atom stereocenters. The summed E-state index contributed by atoms with van der Waals surface area (Å²) in [4.78, 5) is 34.3. The molecule has 1 heterocycles. The maximum atomic E-state index is 11.6. The molecule has 0 aromatic heterocycles. The predicted octanol–water partition coefficient (Wildman–Crippen LogP) is 1.25. The van der Waals surface area contributed by atoms with Crippen LogP contribution in [0.25, 0.3) is 6.08 Å². The van der Waals surface area contributed by atoms with Crippen molar-refractivity contribution in [1.29, 1.82) is 0 Å². The van der Waals surface area contributed by atoms with E-state index >= 15 is 0 Å². The van der Waals surface area contributed by atoms with E-state index in [1.54, 1.807) is 18.2 Å². The lowest BCUT2D eigenvalue weighted by Gasteiger charge is -2.18. The molecule has 25 heavy (non-hydrogen) atoms. The average Bonchev–Trinajstić information content (AvgIpc) is 2.62. The summed E-state index contributed by atoms with van der Waals surface area (Å²) >= 11 is 0. The van der Waals surface area contributed by atoms with Crippen LogP contribution in [0, 0.1) is 0 Å². The van der Waals surface area contributed by atoms with Crippen LogP contribution >= 0.6 is 0 Å². The lowest BCUT2D eigenvalue weighted by Crippen LogP contribution is -2.41. The van der Waals surface area contributed by atoms with Crippen LogP contribution in [0.2, 0.25) is 0 Å². The molecule has 8 heteroatoms. The van der Waals surface area contributed by atoms with Gasteiger partial charge in [0.25, 0.3) is 5.91 Å². The molecular formula is C17H20N2O6. The highest BCUT2D eigenvalue weighted by atomic mass is 16.6. The monoisotopic (exact) mass is 348 g/mol. The third-order valence-corrected chi connectivity index (χ3v) is 3.11. The summed E-state index contributed by atoms with van der Waals surface area (Å²) in [5.41, 5.74) is 0.726. The zero-order chi connectivity index (χ0) is 18.1. The van der Waals surface area contributed by atoms with E-state index in [1.165, 1.54) is 12.2 Å². The molecule has 134 valence electrons. The van der Waals surface area contributed by atoms with Crippen molar-refractivity contribution in [3.8, 4) is 11.5 Å². The number of carbonyl (C=O) groups excluding carboxylic acids is 3. The van der Waals surface area contributed by atoms with Crippen molar-refractivity contribution in [2.45, 2.75) is 13.3 Å². The highest BCUT2D eigenvalue weighted by molar-refractivity contribution is 5.96. The van der Waals surface area contributed by atoms with E-state index in [0.717, 1.165) is 12.0 Å². The van der Waals surface area contributed by atoms with Crippen molar-refractivity contribution in [1.82, 2.24) is 10.6 Å². The first kappa shape index (κ1) is 18.3. The summed E-state index contributed by atoms with van der Waals surface area (Å²) in [6, 6.07) is 4.64. The molecule has 1 aliphatic rings. The van der Waals surface area contributed by atoms with Crippen LogP contribution in [-0.2, 0) is 14.3 Å². The highest BCUT2D eigenvalue weighted by Gasteiger charge is 2.11. The summed E-state index contributed by atoms with van der Waals surface area (Å²) in [5, 5.41) is 4.53. The molecule has 2 rings (SSSR count). The quantitative estimate of drug-likeness (QED) is 0.592. The number of urea groups is 1. The van der Waals surface area contributed by atoms with Crippen LogP contribution in [0.5, 0.6) is 11.5 Å². The van der Waals surface area contributed by atoms with Gasteiger partial charge in [0.15, 0.2) is 18.1 Å². The van der Waals surface area contributed by atoms with Crippen LogP contribution in [0.15, 0.2) is 24.3 Å². The molecule has 0 saturated carbocycles. The number of nitrogens with one attached hydrogen (secondary N) is 2. The van der Waals surface area contributed by atoms with E-state index < -0.39 is 24.5 Å². The van der Waals surface area contributed by atoms with Gasteiger partial charge in [-0.2, -0.15) is 0 Å². The number of esters is 1. The van der Waals surface area contributed by atoms with Crippen LogP contribution < -0.4 is 20.1 Å². The van der Waals surface area contributed by atoms with Crippen molar-refractivity contribution in [2.75, 3.05) is 26.4 Å². The van der Waals surface area contributed by atoms with E-state index in [0.29, 0.717) is 31.3 Å². The number of ether oxygens (including phenoxy) is 3. The van der Waals surface area contributed by atoms with Gasteiger partial charge in [0.2, 0.25) is 0 Å². The van der Waals surface area contributed by atoms with Crippen molar-refractivity contribution < 1.29 is 28.6 Å². The Morgan fingerprint density at radius 2 is 1.96 bits per heavy atom. The van der Waals surface area contributed by atoms with Gasteiger partial charge in [-0.1, -0.05) is 13.0 Å². The Hall–Kier alpha value is -3.03. The first-order valence-corrected chi connectivity index (χ1v) is 7.90. The molecule has 0 radical (unpaired) electrons. The predicted molar refractivity (Wildman–Crippen MR) is 89.3 cm³/mol. The van der Waals surface area contributed by atoms with Crippen molar-refractivity contribution in [3.63, 3.8) is 0 Å². The summed E-state index contributed by atoms with van der Waals surface area (Å²) in [6.45, 7) is 2.79. The van der Waals surface area contributed by atoms with Gasteiger partial charge in [-0.05, 0) is 30.2 Å². The normalized spacial score (nSPS) is 12.5. The minimum absolute atomic E-state index is 0.456. The van der Waals surface area contributed by atoms with E-state index in [2.05, 4.69) is 10.6 Å². The molecular weight excluding hydrogens is 328 g/mol. The smallest absolute Gasteiger partial charge is 0.331 e. The number of fused-ring (bicyclic) bond motifs is 1. The second-order valence-corrected chi connectivity index (χ2v) is 5.15. The molecule has 1 aromatic rings. The number of hydrogen-bond acceptors (Lipinski definition) is 6. The molecule has 0 spiro atoms. The standard InChI is InChI=1S/C17H20N2O6/c1-2-7-18-17(22)19-15(20)11-25-16(21)6-4-12-3-5-13-14(10-12)24-9-8-23-13/h3-6,10H,2,7-9,11H2,1H3,(H2,18,19,20,22)/b6-4+. The number of rotatable bonds is 6. The minimum Gasteiger partial charge on any atom is -0.486 e. The van der Waals surface area contributed by atoms with Gasteiger partial charge in [-0.3, -0.25) is 10.1 Å². The molecule has 0 fully saturated rings. The Morgan fingerprint density at radius 3 is 2.72 bits per heavy atom. The van der Waals surface area contributed by atoms with Crippen molar-refractivity contribution >= 4 is 24.0 Å². The third kappa shape index (κ3) is 6.17. The van der Waals surface area contributed by atoms with Gasteiger partial charge in [0.05, 0.1) is 0 Å². The number of benzene rings is 1. The van der Waals surface area contributed by atoms with Crippen LogP contribution in [0.3, 0.4) is 0 Å². The highest BCUT2D eigenvalue weighted by Crippen LogP contribution is 2.31. The maximum absolute atomic E-state index is 11.6. The molecule has 8 nitrogen and oxygen atoms in total. The van der Waals surface area contributed by atoms with Gasteiger partial charge in [0, 0.05) is 12.6 Å². The topological polar surface area (TPSA) is 103 Å². The maximum Gasteiger partial charge on any atom is 0.331 e. The number of amides is 3. The van der Waals surface area contributed by atoms with E-state index in [1.807, 2.05) is 6.92 Å². The van der Waals surface area contributed by atoms with Crippen LogP contribution in [0.1, 0.15) is 18.9 Å². The largest absolute Gasteiger partial charge is 0.486 e. The fraction of sp³-hybridized carbons (Fsp3) is 0.353. The van der Waals surface area contributed by atoms with Gasteiger partial charge in [-0.15, -0.1) is 0 Å². The number of hydrogen-bond donors (Lipinski definition) is 2. The van der Waals surface area contributed by atoms with E-state index in [9.17, 15) is 14.4 Å². The molecule has 0 atom stereocenters. The van der Waals surface area contributed by atoms with Crippen LogP contribution in [-0.4, -0.2) is 44.3 Å². The lowest BCUT2D eigenvalue weighted by atomic mass is 10.2. The summed E-state index contributed by atoms with van der Waals surface area (Å²) < 4.78 is 15.6. The SMILES string of the molecule is CCCNC(=O)NC(=O)COC(=O)/C=C/c1ccc2c(c1)OCCO2. The van der Waals surface area contributed by atoms with E-state index in [4.69, 9.17) is 14.2 Å². The molecule has 2 N–H and O–H groups in total. The van der Waals surface area contributed by atoms with Crippen molar-refractivity contribution in [2.24, 2.45) is 0 Å². The fourth-order valence-corrected chi connectivity index (χ4v) is 1.96. The van der Waals surface area contributed by atoms with Gasteiger partial charge in [0.1, 0.15) is 13.2 Å². The Labute approximate surface area is 145 Å². The van der Waals surface area contributed by atoms with Gasteiger partial charge < -0.3 is 19.5 Å². The molecule has 3 amide bonds. The first-order valence-electron chi connectivity index (χ1n) is 7.90. The summed E-state index contributed by atoms with van der Waals surface area (Å²) in [5.74, 6) is -0.128. The third-order valence-electron chi connectivity index (χ3n) is 3.11.